The summed E-state index contributed by atoms with van der Waals surface area (Å²) in [5, 5.41) is 5.16. The summed E-state index contributed by atoms with van der Waals surface area (Å²) in [6.45, 7) is 0. The average molecular weight is 316 g/mol. The Morgan fingerprint density at radius 1 is 1.36 bits per heavy atom. The molecule has 1 fully saturated rings. The standard InChI is InChI=1S/C16H16N2O3S/c19-13(18-16-17-8-9-22-16)7-6-12-10-14(20)21-15(12)11-4-2-1-3-5-11/h1-5,8-9,12,15H,6-7,10H2,(H,17,18,19)/t12-,15+/m0/s1. The monoisotopic (exact) mass is 316 g/mol. The number of carbonyl (C=O) groups is 2. The van der Waals surface area contributed by atoms with Crippen LogP contribution < -0.4 is 5.32 Å². The van der Waals surface area contributed by atoms with E-state index in [1.54, 1.807) is 6.20 Å². The number of nitrogens with one attached hydrogen (secondary N) is 1. The first-order valence-corrected chi connectivity index (χ1v) is 8.04. The van der Waals surface area contributed by atoms with Crippen molar-refractivity contribution in [3.05, 3.63) is 47.5 Å². The third-order valence-electron chi connectivity index (χ3n) is 3.66. The zero-order chi connectivity index (χ0) is 15.4. The van der Waals surface area contributed by atoms with Crippen LogP contribution in [0.1, 0.15) is 30.9 Å². The minimum atomic E-state index is -0.249. The van der Waals surface area contributed by atoms with Gasteiger partial charge in [0.2, 0.25) is 5.91 Å². The molecule has 2 atom stereocenters. The molecule has 6 heteroatoms. The molecule has 0 spiro atoms. The fourth-order valence-corrected chi connectivity index (χ4v) is 3.17. The second kappa shape index (κ2) is 6.70. The minimum Gasteiger partial charge on any atom is -0.457 e. The molecule has 1 aliphatic rings. The van der Waals surface area contributed by atoms with Gasteiger partial charge in [0, 0.05) is 23.9 Å². The van der Waals surface area contributed by atoms with Crippen molar-refractivity contribution in [3.63, 3.8) is 0 Å². The quantitative estimate of drug-likeness (QED) is 0.860. The predicted octanol–water partition coefficient (Wildman–Crippen LogP) is 3.17. The number of esters is 1. The summed E-state index contributed by atoms with van der Waals surface area (Å²) < 4.78 is 5.42. The molecule has 114 valence electrons. The Hall–Kier alpha value is -2.21. The maximum Gasteiger partial charge on any atom is 0.306 e. The fraction of sp³-hybridized carbons (Fsp3) is 0.312. The highest BCUT2D eigenvalue weighted by atomic mass is 32.1. The van der Waals surface area contributed by atoms with E-state index in [4.69, 9.17) is 4.74 Å². The summed E-state index contributed by atoms with van der Waals surface area (Å²) >= 11 is 1.39. The van der Waals surface area contributed by atoms with Crippen molar-refractivity contribution in [1.29, 1.82) is 0 Å². The van der Waals surface area contributed by atoms with Crippen LogP contribution in [0.25, 0.3) is 0 Å². The summed E-state index contributed by atoms with van der Waals surface area (Å²) in [5.41, 5.74) is 0.985. The summed E-state index contributed by atoms with van der Waals surface area (Å²) in [7, 11) is 0. The van der Waals surface area contributed by atoms with Crippen molar-refractivity contribution in [2.75, 3.05) is 5.32 Å². The summed E-state index contributed by atoms with van der Waals surface area (Å²) in [6.07, 6.45) is 2.73. The van der Waals surface area contributed by atoms with Gasteiger partial charge in [0.25, 0.3) is 0 Å². The van der Waals surface area contributed by atoms with Crippen LogP contribution in [0.2, 0.25) is 0 Å². The van der Waals surface area contributed by atoms with Crippen LogP contribution in [0, 0.1) is 5.92 Å². The molecule has 0 unspecified atom stereocenters. The van der Waals surface area contributed by atoms with Crippen molar-refractivity contribution in [2.24, 2.45) is 5.92 Å². The molecule has 2 aromatic rings. The third-order valence-corrected chi connectivity index (χ3v) is 4.35. The molecule has 1 N–H and O–H groups in total. The van der Waals surface area contributed by atoms with E-state index in [1.807, 2.05) is 35.7 Å². The molecular weight excluding hydrogens is 300 g/mol. The Labute approximate surface area is 132 Å². The first-order chi connectivity index (χ1) is 10.7. The van der Waals surface area contributed by atoms with Gasteiger partial charge in [-0.2, -0.15) is 0 Å². The van der Waals surface area contributed by atoms with Crippen molar-refractivity contribution < 1.29 is 14.3 Å². The van der Waals surface area contributed by atoms with E-state index >= 15 is 0 Å². The number of aromatic nitrogens is 1. The number of carbonyl (C=O) groups excluding carboxylic acids is 2. The highest BCUT2D eigenvalue weighted by Crippen LogP contribution is 2.38. The smallest absolute Gasteiger partial charge is 0.306 e. The first-order valence-electron chi connectivity index (χ1n) is 7.16. The van der Waals surface area contributed by atoms with E-state index in [0.717, 1.165) is 5.56 Å². The van der Waals surface area contributed by atoms with E-state index in [9.17, 15) is 9.59 Å². The average Bonchev–Trinajstić information content (AvgIpc) is 3.15. The number of benzene rings is 1. The lowest BCUT2D eigenvalue weighted by Gasteiger charge is -2.17. The molecule has 5 nitrogen and oxygen atoms in total. The maximum absolute atomic E-state index is 11.9. The van der Waals surface area contributed by atoms with Crippen molar-refractivity contribution in [2.45, 2.75) is 25.4 Å². The Kier molecular flexibility index (Phi) is 4.48. The number of thiazole rings is 1. The van der Waals surface area contributed by atoms with Crippen LogP contribution in [-0.2, 0) is 14.3 Å². The molecule has 22 heavy (non-hydrogen) atoms. The molecule has 2 heterocycles. The number of amides is 1. The van der Waals surface area contributed by atoms with E-state index in [-0.39, 0.29) is 23.9 Å². The summed E-state index contributed by atoms with van der Waals surface area (Å²) in [5.74, 6) is -0.239. The van der Waals surface area contributed by atoms with Gasteiger partial charge in [-0.1, -0.05) is 30.3 Å². The Bertz CT molecular complexity index is 643. The Morgan fingerprint density at radius 3 is 2.91 bits per heavy atom. The van der Waals surface area contributed by atoms with E-state index in [0.29, 0.717) is 24.4 Å². The number of hydrogen-bond donors (Lipinski definition) is 1. The van der Waals surface area contributed by atoms with Crippen LogP contribution in [0.15, 0.2) is 41.9 Å². The lowest BCUT2D eigenvalue weighted by molar-refractivity contribution is -0.141. The topological polar surface area (TPSA) is 68.3 Å². The Morgan fingerprint density at radius 2 is 2.18 bits per heavy atom. The van der Waals surface area contributed by atoms with Gasteiger partial charge in [-0.25, -0.2) is 4.98 Å². The van der Waals surface area contributed by atoms with Gasteiger partial charge < -0.3 is 10.1 Å². The van der Waals surface area contributed by atoms with Gasteiger partial charge >= 0.3 is 5.97 Å². The van der Waals surface area contributed by atoms with Gasteiger partial charge in [-0.05, 0) is 12.0 Å². The van der Waals surface area contributed by atoms with Crippen LogP contribution in [-0.4, -0.2) is 16.9 Å². The van der Waals surface area contributed by atoms with Gasteiger partial charge in [-0.3, -0.25) is 9.59 Å². The largest absolute Gasteiger partial charge is 0.457 e. The predicted molar refractivity (Wildman–Crippen MR) is 83.4 cm³/mol. The van der Waals surface area contributed by atoms with Crippen molar-refractivity contribution in [1.82, 2.24) is 4.98 Å². The van der Waals surface area contributed by atoms with Crippen LogP contribution in [0.3, 0.4) is 0 Å². The highest BCUT2D eigenvalue weighted by molar-refractivity contribution is 7.13. The van der Waals surface area contributed by atoms with Gasteiger partial charge in [-0.15, -0.1) is 11.3 Å². The van der Waals surface area contributed by atoms with Gasteiger partial charge in [0.15, 0.2) is 5.13 Å². The number of nitrogens with zero attached hydrogens (tertiary/aromatic N) is 1. The second-order valence-corrected chi connectivity index (χ2v) is 6.10. The molecular formula is C16H16N2O3S. The van der Waals surface area contributed by atoms with E-state index in [1.165, 1.54) is 11.3 Å². The zero-order valence-corrected chi connectivity index (χ0v) is 12.7. The number of cyclic esters (lactones) is 1. The number of anilines is 1. The molecule has 0 saturated carbocycles. The first kappa shape index (κ1) is 14.7. The summed E-state index contributed by atoms with van der Waals surface area (Å²) in [6, 6.07) is 9.68. The highest BCUT2D eigenvalue weighted by Gasteiger charge is 2.35. The third kappa shape index (κ3) is 3.51. The second-order valence-electron chi connectivity index (χ2n) is 5.21. The fourth-order valence-electron chi connectivity index (χ4n) is 2.63. The molecule has 0 aliphatic carbocycles. The van der Waals surface area contributed by atoms with Crippen LogP contribution in [0.4, 0.5) is 5.13 Å². The maximum atomic E-state index is 11.9. The minimum absolute atomic E-state index is 0.0388. The van der Waals surface area contributed by atoms with Gasteiger partial charge in [0.1, 0.15) is 6.10 Å². The zero-order valence-electron chi connectivity index (χ0n) is 11.9. The SMILES string of the molecule is O=C(CC[C@H]1CC(=O)O[C@@H]1c1ccccc1)Nc1nccs1. The molecule has 1 aliphatic heterocycles. The summed E-state index contributed by atoms with van der Waals surface area (Å²) in [4.78, 5) is 27.5. The van der Waals surface area contributed by atoms with E-state index in [2.05, 4.69) is 10.3 Å². The number of hydrogen-bond acceptors (Lipinski definition) is 5. The molecule has 1 aromatic carbocycles. The lowest BCUT2D eigenvalue weighted by Crippen LogP contribution is -2.15. The Balaban J connectivity index is 1.58. The number of ether oxygens (including phenoxy) is 1. The molecule has 3 rings (SSSR count). The molecule has 1 saturated heterocycles. The molecule has 0 radical (unpaired) electrons. The van der Waals surface area contributed by atoms with Crippen LogP contribution >= 0.6 is 11.3 Å². The molecule has 1 aromatic heterocycles. The number of rotatable bonds is 5. The van der Waals surface area contributed by atoms with Gasteiger partial charge in [0.05, 0.1) is 6.42 Å². The lowest BCUT2D eigenvalue weighted by atomic mass is 9.91. The molecule has 0 bridgehead atoms. The van der Waals surface area contributed by atoms with Crippen LogP contribution in [0.5, 0.6) is 0 Å². The normalized spacial score (nSPS) is 20.6. The van der Waals surface area contributed by atoms with E-state index < -0.39 is 0 Å². The van der Waals surface area contributed by atoms with Crippen molar-refractivity contribution >= 4 is 28.3 Å². The molecule has 1 amide bonds. The van der Waals surface area contributed by atoms with Crippen molar-refractivity contribution in [3.8, 4) is 0 Å².